The molecule has 15 heavy (non-hydrogen) atoms. The second kappa shape index (κ2) is 6.45. The average Bonchev–Trinajstić information content (AvgIpc) is 2.23. The first-order valence-electron chi connectivity index (χ1n) is 4.95. The first kappa shape index (κ1) is 12.0. The number of hydrogen-bond donors (Lipinski definition) is 1. The lowest BCUT2D eigenvalue weighted by molar-refractivity contribution is 0.397. The van der Waals surface area contributed by atoms with Gasteiger partial charge in [-0.2, -0.15) is 4.98 Å². The Bertz CT molecular complexity index is 307. The molecule has 0 fully saturated rings. The lowest BCUT2D eigenvalue weighted by Crippen LogP contribution is -2.07. The van der Waals surface area contributed by atoms with Crippen LogP contribution in [0.25, 0.3) is 0 Å². The highest BCUT2D eigenvalue weighted by Gasteiger charge is 2.00. The number of hydrogen-bond acceptors (Lipinski definition) is 4. The van der Waals surface area contributed by atoms with Crippen LogP contribution in [0.3, 0.4) is 0 Å². The molecule has 0 aliphatic heterocycles. The van der Waals surface area contributed by atoms with Gasteiger partial charge in [-0.1, -0.05) is 0 Å². The van der Waals surface area contributed by atoms with Crippen LogP contribution < -0.4 is 10.1 Å². The molecule has 84 valence electrons. The average molecular weight is 230 g/mol. The molecule has 0 atom stereocenters. The van der Waals surface area contributed by atoms with Crippen LogP contribution in [0, 0.1) is 6.92 Å². The van der Waals surface area contributed by atoms with Gasteiger partial charge in [-0.3, -0.25) is 0 Å². The minimum absolute atomic E-state index is 0.586. The number of alkyl halides is 1. The van der Waals surface area contributed by atoms with Crippen molar-refractivity contribution in [2.45, 2.75) is 19.8 Å². The van der Waals surface area contributed by atoms with Gasteiger partial charge in [0.1, 0.15) is 0 Å². The van der Waals surface area contributed by atoms with Crippen LogP contribution in [0.15, 0.2) is 6.07 Å². The summed E-state index contributed by atoms with van der Waals surface area (Å²) in [4.78, 5) is 8.42. The summed E-state index contributed by atoms with van der Waals surface area (Å²) in [5.41, 5.74) is 0.890. The van der Waals surface area contributed by atoms with E-state index in [1.54, 1.807) is 13.2 Å². The summed E-state index contributed by atoms with van der Waals surface area (Å²) in [6, 6.07) is 1.80. The van der Waals surface area contributed by atoms with E-state index in [-0.39, 0.29) is 0 Å². The van der Waals surface area contributed by atoms with Gasteiger partial charge >= 0.3 is 0 Å². The molecular weight excluding hydrogens is 214 g/mol. The molecule has 4 nitrogen and oxygen atoms in total. The summed E-state index contributed by atoms with van der Waals surface area (Å²) in [7, 11) is 1.60. The maximum Gasteiger partial charge on any atom is 0.226 e. The Morgan fingerprint density at radius 2 is 2.20 bits per heavy atom. The van der Waals surface area contributed by atoms with Gasteiger partial charge in [-0.15, -0.1) is 11.6 Å². The monoisotopic (exact) mass is 229 g/mol. The molecule has 0 amide bonds. The lowest BCUT2D eigenvalue weighted by atomic mass is 10.3. The van der Waals surface area contributed by atoms with Crippen LogP contribution in [0.5, 0.6) is 5.88 Å². The first-order valence-corrected chi connectivity index (χ1v) is 5.49. The molecule has 1 aromatic rings. The third-order valence-corrected chi connectivity index (χ3v) is 2.15. The predicted molar refractivity (Wildman–Crippen MR) is 61.8 cm³/mol. The van der Waals surface area contributed by atoms with E-state index >= 15 is 0 Å². The molecule has 0 unspecified atom stereocenters. The second-order valence-corrected chi connectivity index (χ2v) is 3.58. The summed E-state index contributed by atoms with van der Waals surface area (Å²) >= 11 is 5.58. The maximum atomic E-state index is 5.58. The Labute approximate surface area is 95.0 Å². The molecule has 0 radical (unpaired) electrons. The van der Waals surface area contributed by atoms with Crippen molar-refractivity contribution in [2.24, 2.45) is 0 Å². The number of nitrogens with zero attached hydrogens (tertiary/aromatic N) is 2. The van der Waals surface area contributed by atoms with E-state index in [1.165, 1.54) is 0 Å². The summed E-state index contributed by atoms with van der Waals surface area (Å²) in [6.45, 7) is 2.74. The molecule has 0 saturated carbocycles. The van der Waals surface area contributed by atoms with E-state index in [9.17, 15) is 0 Å². The van der Waals surface area contributed by atoms with Gasteiger partial charge in [0.05, 0.1) is 7.11 Å². The highest BCUT2D eigenvalue weighted by molar-refractivity contribution is 6.17. The summed E-state index contributed by atoms with van der Waals surface area (Å²) in [5, 5.41) is 3.13. The zero-order valence-corrected chi connectivity index (χ0v) is 9.84. The normalized spacial score (nSPS) is 10.1. The van der Waals surface area contributed by atoms with Gasteiger partial charge in [-0.05, 0) is 19.8 Å². The molecule has 0 aromatic carbocycles. The van der Waals surface area contributed by atoms with Crippen molar-refractivity contribution >= 4 is 17.5 Å². The topological polar surface area (TPSA) is 47.0 Å². The van der Waals surface area contributed by atoms with Crippen LogP contribution in [0.2, 0.25) is 0 Å². The number of ether oxygens (including phenoxy) is 1. The summed E-state index contributed by atoms with van der Waals surface area (Å²) in [5.74, 6) is 1.89. The van der Waals surface area contributed by atoms with Crippen LogP contribution in [0.4, 0.5) is 5.95 Å². The Hall–Kier alpha value is -1.03. The number of aryl methyl sites for hydroxylation is 1. The lowest BCUT2D eigenvalue weighted by Gasteiger charge is -2.06. The van der Waals surface area contributed by atoms with Gasteiger partial charge in [0.15, 0.2) is 0 Å². The van der Waals surface area contributed by atoms with Crippen molar-refractivity contribution in [3.63, 3.8) is 0 Å². The van der Waals surface area contributed by atoms with E-state index in [2.05, 4.69) is 15.3 Å². The minimum atomic E-state index is 0.586. The van der Waals surface area contributed by atoms with Crippen molar-refractivity contribution in [1.29, 1.82) is 0 Å². The Kier molecular flexibility index (Phi) is 5.18. The quantitative estimate of drug-likeness (QED) is 0.600. The Morgan fingerprint density at radius 1 is 1.40 bits per heavy atom. The standard InChI is InChI=1S/C10H16ClN3O/c1-8-7-9(15-2)14-10(13-8)12-6-4-3-5-11/h7H,3-6H2,1-2H3,(H,12,13,14). The zero-order valence-electron chi connectivity index (χ0n) is 9.09. The fourth-order valence-corrected chi connectivity index (χ4v) is 1.33. The number of anilines is 1. The molecular formula is C10H16ClN3O. The van der Waals surface area contributed by atoms with Gasteiger partial charge in [0.2, 0.25) is 11.8 Å². The molecule has 1 rings (SSSR count). The molecule has 0 aliphatic carbocycles. The summed E-state index contributed by atoms with van der Waals surface area (Å²) in [6.07, 6.45) is 2.01. The highest BCUT2D eigenvalue weighted by Crippen LogP contribution is 2.11. The molecule has 1 heterocycles. The predicted octanol–water partition coefficient (Wildman–Crippen LogP) is 2.22. The van der Waals surface area contributed by atoms with Gasteiger partial charge in [-0.25, -0.2) is 4.98 Å². The number of aromatic nitrogens is 2. The Balaban J connectivity index is 2.49. The Morgan fingerprint density at radius 3 is 2.87 bits per heavy atom. The molecule has 0 bridgehead atoms. The zero-order chi connectivity index (χ0) is 11.1. The van der Waals surface area contributed by atoms with Crippen LogP contribution in [-0.2, 0) is 0 Å². The number of rotatable bonds is 6. The molecule has 0 aliphatic rings. The van der Waals surface area contributed by atoms with E-state index in [1.807, 2.05) is 6.92 Å². The van der Waals surface area contributed by atoms with Gasteiger partial charge < -0.3 is 10.1 Å². The minimum Gasteiger partial charge on any atom is -0.481 e. The van der Waals surface area contributed by atoms with Gasteiger partial charge in [0.25, 0.3) is 0 Å². The van der Waals surface area contributed by atoms with Crippen molar-refractivity contribution in [2.75, 3.05) is 24.9 Å². The van der Waals surface area contributed by atoms with E-state index in [0.717, 1.165) is 25.1 Å². The fourth-order valence-electron chi connectivity index (χ4n) is 1.14. The van der Waals surface area contributed by atoms with E-state index in [0.29, 0.717) is 17.7 Å². The number of nitrogens with one attached hydrogen (secondary N) is 1. The summed E-state index contributed by atoms with van der Waals surface area (Å²) < 4.78 is 5.05. The third kappa shape index (κ3) is 4.34. The number of halogens is 1. The van der Waals surface area contributed by atoms with E-state index < -0.39 is 0 Å². The second-order valence-electron chi connectivity index (χ2n) is 3.20. The fraction of sp³-hybridized carbons (Fsp3) is 0.600. The SMILES string of the molecule is COc1cc(C)nc(NCCCCCl)n1. The van der Waals surface area contributed by atoms with Crippen LogP contribution in [0.1, 0.15) is 18.5 Å². The number of unbranched alkanes of at least 4 members (excludes halogenated alkanes) is 1. The van der Waals surface area contributed by atoms with Crippen molar-refractivity contribution < 1.29 is 4.74 Å². The first-order chi connectivity index (χ1) is 7.26. The smallest absolute Gasteiger partial charge is 0.226 e. The molecule has 5 heteroatoms. The van der Waals surface area contributed by atoms with Crippen LogP contribution in [-0.4, -0.2) is 29.5 Å². The van der Waals surface area contributed by atoms with Crippen molar-refractivity contribution in [3.05, 3.63) is 11.8 Å². The van der Waals surface area contributed by atoms with Crippen LogP contribution >= 0.6 is 11.6 Å². The molecule has 1 N–H and O–H groups in total. The number of methoxy groups -OCH3 is 1. The third-order valence-electron chi connectivity index (χ3n) is 1.88. The van der Waals surface area contributed by atoms with E-state index in [4.69, 9.17) is 16.3 Å². The highest BCUT2D eigenvalue weighted by atomic mass is 35.5. The van der Waals surface area contributed by atoms with Gasteiger partial charge in [0, 0.05) is 24.2 Å². The van der Waals surface area contributed by atoms with Crippen molar-refractivity contribution in [3.8, 4) is 5.88 Å². The van der Waals surface area contributed by atoms with Crippen molar-refractivity contribution in [1.82, 2.24) is 9.97 Å². The maximum absolute atomic E-state index is 5.58. The largest absolute Gasteiger partial charge is 0.481 e. The molecule has 0 spiro atoms. The molecule has 0 saturated heterocycles. The molecule has 1 aromatic heterocycles.